The van der Waals surface area contributed by atoms with E-state index in [0.29, 0.717) is 25.4 Å². The van der Waals surface area contributed by atoms with Gasteiger partial charge in [0.2, 0.25) is 5.91 Å². The summed E-state index contributed by atoms with van der Waals surface area (Å²) >= 11 is 0. The Kier molecular flexibility index (Phi) is 5.45. The van der Waals surface area contributed by atoms with E-state index in [1.54, 1.807) is 6.26 Å². The molecule has 0 spiro atoms. The Morgan fingerprint density at radius 1 is 1.42 bits per heavy atom. The topological polar surface area (TPSA) is 59.5 Å². The first-order chi connectivity index (χ1) is 9.31. The van der Waals surface area contributed by atoms with Crippen LogP contribution < -0.4 is 5.73 Å². The van der Waals surface area contributed by atoms with Gasteiger partial charge >= 0.3 is 0 Å². The minimum Gasteiger partial charge on any atom is -0.469 e. The molecule has 1 fully saturated rings. The molecule has 19 heavy (non-hydrogen) atoms. The zero-order valence-electron chi connectivity index (χ0n) is 11.5. The van der Waals surface area contributed by atoms with Crippen LogP contribution in [0.3, 0.4) is 0 Å². The summed E-state index contributed by atoms with van der Waals surface area (Å²) in [7, 11) is 0. The molecular formula is C15H24N2O2. The first-order valence-corrected chi connectivity index (χ1v) is 7.33. The molecule has 1 aliphatic carbocycles. The Morgan fingerprint density at radius 2 is 2.21 bits per heavy atom. The van der Waals surface area contributed by atoms with Gasteiger partial charge in [0.25, 0.3) is 0 Å². The molecule has 0 unspecified atom stereocenters. The molecule has 1 aliphatic rings. The lowest BCUT2D eigenvalue weighted by molar-refractivity contribution is -0.133. The predicted octanol–water partition coefficient (Wildman–Crippen LogP) is 2.33. The minimum absolute atomic E-state index is 0.247. The smallest absolute Gasteiger partial charge is 0.223 e. The van der Waals surface area contributed by atoms with Crippen LogP contribution in [0, 0.1) is 0 Å². The highest BCUT2D eigenvalue weighted by Gasteiger charge is 2.25. The van der Waals surface area contributed by atoms with Gasteiger partial charge in [0.1, 0.15) is 5.76 Å². The third-order valence-corrected chi connectivity index (χ3v) is 3.85. The summed E-state index contributed by atoms with van der Waals surface area (Å²) < 4.78 is 5.28. The summed E-state index contributed by atoms with van der Waals surface area (Å²) in [5.74, 6) is 1.13. The van der Waals surface area contributed by atoms with E-state index in [0.717, 1.165) is 31.6 Å². The van der Waals surface area contributed by atoms with Crippen LogP contribution in [0.15, 0.2) is 22.8 Å². The molecule has 1 heterocycles. The van der Waals surface area contributed by atoms with Gasteiger partial charge in [0.05, 0.1) is 6.26 Å². The van der Waals surface area contributed by atoms with Crippen molar-refractivity contribution in [2.75, 3.05) is 13.1 Å². The third-order valence-electron chi connectivity index (χ3n) is 3.85. The summed E-state index contributed by atoms with van der Waals surface area (Å²) in [6, 6.07) is 4.23. The molecule has 0 aliphatic heterocycles. The Morgan fingerprint density at radius 3 is 2.84 bits per heavy atom. The van der Waals surface area contributed by atoms with E-state index in [1.165, 1.54) is 12.8 Å². The molecule has 0 saturated heterocycles. The molecule has 0 atom stereocenters. The molecule has 1 amide bonds. The number of nitrogens with zero attached hydrogens (tertiary/aromatic N) is 1. The number of rotatable bonds is 7. The molecule has 4 nitrogen and oxygen atoms in total. The molecule has 0 bridgehead atoms. The largest absolute Gasteiger partial charge is 0.469 e. The van der Waals surface area contributed by atoms with Gasteiger partial charge in [0.15, 0.2) is 0 Å². The first-order valence-electron chi connectivity index (χ1n) is 7.33. The van der Waals surface area contributed by atoms with Crippen molar-refractivity contribution in [2.24, 2.45) is 5.73 Å². The van der Waals surface area contributed by atoms with E-state index >= 15 is 0 Å². The summed E-state index contributed by atoms with van der Waals surface area (Å²) in [4.78, 5) is 14.4. The van der Waals surface area contributed by atoms with Gasteiger partial charge in [0, 0.05) is 25.4 Å². The molecule has 1 aromatic rings. The first kappa shape index (κ1) is 14.1. The quantitative estimate of drug-likeness (QED) is 0.822. The average Bonchev–Trinajstić information content (AvgIpc) is 3.10. The fraction of sp³-hybridized carbons (Fsp3) is 0.667. The van der Waals surface area contributed by atoms with Gasteiger partial charge in [-0.15, -0.1) is 0 Å². The molecule has 2 rings (SSSR count). The van der Waals surface area contributed by atoms with Crippen LogP contribution in [0.1, 0.15) is 44.3 Å². The van der Waals surface area contributed by atoms with Crippen molar-refractivity contribution < 1.29 is 9.21 Å². The summed E-state index contributed by atoms with van der Waals surface area (Å²) in [6.45, 7) is 1.45. The van der Waals surface area contributed by atoms with Crippen LogP contribution in [-0.4, -0.2) is 29.9 Å². The number of furan rings is 1. The third kappa shape index (κ3) is 4.10. The molecule has 1 aromatic heterocycles. The standard InChI is InChI=1S/C15H24N2O2/c16-10-4-11-17(13-5-1-2-6-13)15(18)9-8-14-7-3-12-19-14/h3,7,12-13H,1-2,4-6,8-11,16H2. The molecule has 0 radical (unpaired) electrons. The second kappa shape index (κ2) is 7.34. The highest BCUT2D eigenvalue weighted by Crippen LogP contribution is 2.24. The SMILES string of the molecule is NCCCN(C(=O)CCc1ccco1)C1CCCC1. The second-order valence-corrected chi connectivity index (χ2v) is 5.25. The van der Waals surface area contributed by atoms with Gasteiger partial charge in [-0.05, 0) is 37.9 Å². The van der Waals surface area contributed by atoms with Gasteiger partial charge in [-0.2, -0.15) is 0 Å². The molecule has 4 heteroatoms. The van der Waals surface area contributed by atoms with Crippen molar-refractivity contribution in [1.29, 1.82) is 0 Å². The number of nitrogens with two attached hydrogens (primary N) is 1. The van der Waals surface area contributed by atoms with E-state index in [9.17, 15) is 4.79 Å². The monoisotopic (exact) mass is 264 g/mol. The van der Waals surface area contributed by atoms with Crippen LogP contribution in [-0.2, 0) is 11.2 Å². The molecule has 106 valence electrons. The second-order valence-electron chi connectivity index (χ2n) is 5.25. The van der Waals surface area contributed by atoms with Crippen LogP contribution in [0.25, 0.3) is 0 Å². The lowest BCUT2D eigenvalue weighted by atomic mass is 10.1. The predicted molar refractivity (Wildman–Crippen MR) is 74.7 cm³/mol. The number of hydrogen-bond acceptors (Lipinski definition) is 3. The van der Waals surface area contributed by atoms with Gasteiger partial charge in [-0.25, -0.2) is 0 Å². The number of hydrogen-bond donors (Lipinski definition) is 1. The average molecular weight is 264 g/mol. The Labute approximate surface area is 114 Å². The fourth-order valence-corrected chi connectivity index (χ4v) is 2.82. The number of carbonyl (C=O) groups is 1. The normalized spacial score (nSPS) is 15.8. The van der Waals surface area contributed by atoms with Crippen LogP contribution in [0.2, 0.25) is 0 Å². The van der Waals surface area contributed by atoms with Crippen molar-refractivity contribution in [3.8, 4) is 0 Å². The molecular weight excluding hydrogens is 240 g/mol. The van der Waals surface area contributed by atoms with Gasteiger partial charge < -0.3 is 15.1 Å². The van der Waals surface area contributed by atoms with Crippen molar-refractivity contribution in [3.63, 3.8) is 0 Å². The summed E-state index contributed by atoms with van der Waals surface area (Å²) in [5.41, 5.74) is 5.57. The van der Waals surface area contributed by atoms with E-state index in [-0.39, 0.29) is 5.91 Å². The van der Waals surface area contributed by atoms with Crippen molar-refractivity contribution in [3.05, 3.63) is 24.2 Å². The molecule has 1 saturated carbocycles. The molecule has 0 aromatic carbocycles. The summed E-state index contributed by atoms with van der Waals surface area (Å²) in [5, 5.41) is 0. The number of amides is 1. The number of aryl methyl sites for hydroxylation is 1. The maximum Gasteiger partial charge on any atom is 0.223 e. The van der Waals surface area contributed by atoms with Crippen LogP contribution >= 0.6 is 0 Å². The van der Waals surface area contributed by atoms with E-state index in [1.807, 2.05) is 12.1 Å². The lowest BCUT2D eigenvalue weighted by Gasteiger charge is -2.29. The van der Waals surface area contributed by atoms with E-state index in [2.05, 4.69) is 4.90 Å². The van der Waals surface area contributed by atoms with Crippen molar-refractivity contribution >= 4 is 5.91 Å². The van der Waals surface area contributed by atoms with E-state index in [4.69, 9.17) is 10.2 Å². The molecule has 2 N–H and O–H groups in total. The van der Waals surface area contributed by atoms with Gasteiger partial charge in [-0.3, -0.25) is 4.79 Å². The Hall–Kier alpha value is -1.29. The maximum atomic E-state index is 12.4. The zero-order chi connectivity index (χ0) is 13.5. The summed E-state index contributed by atoms with van der Waals surface area (Å²) in [6.07, 6.45) is 8.57. The fourth-order valence-electron chi connectivity index (χ4n) is 2.82. The Bertz CT molecular complexity index is 370. The van der Waals surface area contributed by atoms with Crippen LogP contribution in [0.5, 0.6) is 0 Å². The lowest BCUT2D eigenvalue weighted by Crippen LogP contribution is -2.40. The Balaban J connectivity index is 1.86. The van der Waals surface area contributed by atoms with E-state index < -0.39 is 0 Å². The highest BCUT2D eigenvalue weighted by atomic mass is 16.3. The van der Waals surface area contributed by atoms with Crippen molar-refractivity contribution in [1.82, 2.24) is 4.90 Å². The maximum absolute atomic E-state index is 12.4. The van der Waals surface area contributed by atoms with Crippen molar-refractivity contribution in [2.45, 2.75) is 51.0 Å². The van der Waals surface area contributed by atoms with Gasteiger partial charge in [-0.1, -0.05) is 12.8 Å². The highest BCUT2D eigenvalue weighted by molar-refractivity contribution is 5.76. The van der Waals surface area contributed by atoms with Crippen LogP contribution in [0.4, 0.5) is 0 Å². The number of carbonyl (C=O) groups excluding carboxylic acids is 1. The zero-order valence-corrected chi connectivity index (χ0v) is 11.5. The minimum atomic E-state index is 0.247.